The van der Waals surface area contributed by atoms with Gasteiger partial charge in [-0.3, -0.25) is 10.2 Å². The van der Waals surface area contributed by atoms with Crippen LogP contribution in [-0.4, -0.2) is 41.2 Å². The molecular formula is C15H20N4O2S. The molecule has 1 aliphatic heterocycles. The quantitative estimate of drug-likeness (QED) is 0.474. The maximum absolute atomic E-state index is 12.3. The molecule has 1 saturated heterocycles. The van der Waals surface area contributed by atoms with Crippen LogP contribution < -0.4 is 15.9 Å². The molecule has 0 saturated carbocycles. The topological polar surface area (TPSA) is 80.0 Å². The van der Waals surface area contributed by atoms with E-state index < -0.39 is 0 Å². The van der Waals surface area contributed by atoms with E-state index in [0.717, 1.165) is 37.4 Å². The van der Waals surface area contributed by atoms with Crippen LogP contribution in [0.5, 0.6) is 5.75 Å². The number of nitrogens with one attached hydrogen (secondary N) is 1. The van der Waals surface area contributed by atoms with Crippen molar-refractivity contribution in [3.05, 3.63) is 24.3 Å². The number of hydrazone groups is 1. The molecule has 0 aliphatic carbocycles. The SMILES string of the molecule is CCOc1ccc(N/N=C(\C(=O)N2CCCC2)C(N)=S)cc1. The first-order valence-corrected chi connectivity index (χ1v) is 7.68. The zero-order valence-corrected chi connectivity index (χ0v) is 13.4. The molecule has 1 heterocycles. The minimum atomic E-state index is -0.219. The van der Waals surface area contributed by atoms with E-state index in [2.05, 4.69) is 10.5 Å². The van der Waals surface area contributed by atoms with Crippen LogP contribution >= 0.6 is 12.2 Å². The third kappa shape index (κ3) is 4.17. The van der Waals surface area contributed by atoms with E-state index in [1.165, 1.54) is 0 Å². The van der Waals surface area contributed by atoms with Gasteiger partial charge in [-0.05, 0) is 44.0 Å². The summed E-state index contributed by atoms with van der Waals surface area (Å²) >= 11 is 4.94. The molecule has 1 amide bonds. The Morgan fingerprint density at radius 3 is 2.55 bits per heavy atom. The minimum absolute atomic E-state index is 0.00432. The smallest absolute Gasteiger partial charge is 0.277 e. The van der Waals surface area contributed by atoms with Crippen LogP contribution in [-0.2, 0) is 4.79 Å². The molecule has 3 N–H and O–H groups in total. The Morgan fingerprint density at radius 2 is 2.00 bits per heavy atom. The highest BCUT2D eigenvalue weighted by atomic mass is 32.1. The van der Waals surface area contributed by atoms with Gasteiger partial charge in [0.15, 0.2) is 5.71 Å². The summed E-state index contributed by atoms with van der Waals surface area (Å²) in [6.45, 7) is 3.99. The number of hydrogen-bond acceptors (Lipinski definition) is 5. The molecule has 0 atom stereocenters. The Kier molecular flexibility index (Phi) is 5.71. The van der Waals surface area contributed by atoms with Gasteiger partial charge in [-0.15, -0.1) is 0 Å². The lowest BCUT2D eigenvalue weighted by Gasteiger charge is -2.16. The molecular weight excluding hydrogens is 300 g/mol. The average molecular weight is 320 g/mol. The molecule has 0 radical (unpaired) electrons. The fraction of sp³-hybridized carbons (Fsp3) is 0.400. The Bertz CT molecular complexity index is 565. The third-order valence-electron chi connectivity index (χ3n) is 3.29. The molecule has 0 spiro atoms. The molecule has 2 rings (SSSR count). The van der Waals surface area contributed by atoms with Crippen LogP contribution in [0.3, 0.4) is 0 Å². The number of hydrogen-bond donors (Lipinski definition) is 2. The third-order valence-corrected chi connectivity index (χ3v) is 3.48. The largest absolute Gasteiger partial charge is 0.494 e. The summed E-state index contributed by atoms with van der Waals surface area (Å²) in [6.07, 6.45) is 2.01. The Labute approximate surface area is 135 Å². The van der Waals surface area contributed by atoms with E-state index in [0.29, 0.717) is 6.61 Å². The van der Waals surface area contributed by atoms with Gasteiger partial charge in [0.25, 0.3) is 5.91 Å². The number of carbonyl (C=O) groups excluding carboxylic acids is 1. The molecule has 7 heteroatoms. The van der Waals surface area contributed by atoms with Gasteiger partial charge in [-0.2, -0.15) is 5.10 Å². The summed E-state index contributed by atoms with van der Waals surface area (Å²) in [7, 11) is 0. The van der Waals surface area contributed by atoms with Crippen molar-refractivity contribution in [2.75, 3.05) is 25.1 Å². The first kappa shape index (κ1) is 16.2. The second-order valence-electron chi connectivity index (χ2n) is 4.89. The molecule has 0 unspecified atom stereocenters. The van der Waals surface area contributed by atoms with E-state index in [1.807, 2.05) is 31.2 Å². The van der Waals surface area contributed by atoms with E-state index in [9.17, 15) is 4.79 Å². The van der Waals surface area contributed by atoms with Gasteiger partial charge in [-0.25, -0.2) is 0 Å². The number of nitrogens with zero attached hydrogens (tertiary/aromatic N) is 2. The lowest BCUT2D eigenvalue weighted by atomic mass is 10.3. The zero-order valence-electron chi connectivity index (χ0n) is 12.5. The van der Waals surface area contributed by atoms with Gasteiger partial charge in [0, 0.05) is 13.1 Å². The normalized spacial score (nSPS) is 14.8. The summed E-state index contributed by atoms with van der Waals surface area (Å²) in [5.74, 6) is 0.558. The van der Waals surface area contributed by atoms with E-state index in [1.54, 1.807) is 4.90 Å². The number of benzene rings is 1. The van der Waals surface area contributed by atoms with Crippen molar-refractivity contribution in [2.45, 2.75) is 19.8 Å². The maximum atomic E-state index is 12.3. The van der Waals surface area contributed by atoms with Crippen molar-refractivity contribution in [3.63, 3.8) is 0 Å². The Morgan fingerprint density at radius 1 is 1.36 bits per heavy atom. The molecule has 0 bridgehead atoms. The number of thiocarbonyl (C=S) groups is 1. The van der Waals surface area contributed by atoms with Crippen LogP contribution in [0, 0.1) is 0 Å². The van der Waals surface area contributed by atoms with E-state index in [4.69, 9.17) is 22.7 Å². The number of nitrogens with two attached hydrogens (primary N) is 1. The Hall–Kier alpha value is -2.15. The average Bonchev–Trinajstić information content (AvgIpc) is 3.03. The number of rotatable bonds is 6. The number of anilines is 1. The molecule has 1 fully saturated rings. The van der Waals surface area contributed by atoms with Crippen LogP contribution in [0.15, 0.2) is 29.4 Å². The lowest BCUT2D eigenvalue weighted by molar-refractivity contribution is -0.122. The van der Waals surface area contributed by atoms with Gasteiger partial charge in [0.1, 0.15) is 10.7 Å². The second kappa shape index (κ2) is 7.74. The predicted molar refractivity (Wildman–Crippen MR) is 91.3 cm³/mol. The first-order valence-electron chi connectivity index (χ1n) is 7.27. The summed E-state index contributed by atoms with van der Waals surface area (Å²) in [4.78, 5) is 14.0. The van der Waals surface area contributed by atoms with Crippen molar-refractivity contribution in [2.24, 2.45) is 10.8 Å². The fourth-order valence-electron chi connectivity index (χ4n) is 2.19. The minimum Gasteiger partial charge on any atom is -0.494 e. The van der Waals surface area contributed by atoms with E-state index >= 15 is 0 Å². The molecule has 1 aliphatic rings. The number of carbonyl (C=O) groups is 1. The number of amides is 1. The molecule has 22 heavy (non-hydrogen) atoms. The van der Waals surface area contributed by atoms with Crippen LogP contribution in [0.4, 0.5) is 5.69 Å². The predicted octanol–water partition coefficient (Wildman–Crippen LogP) is 1.76. The fourth-order valence-corrected chi connectivity index (χ4v) is 2.32. The zero-order chi connectivity index (χ0) is 15.9. The standard InChI is InChI=1S/C15H20N4O2S/c1-2-21-12-7-5-11(6-8-12)17-18-13(14(16)22)15(20)19-9-3-4-10-19/h5-8,17H,2-4,9-10H2,1H3,(H2,16,22)/b18-13-. The van der Waals surface area contributed by atoms with Gasteiger partial charge in [0.2, 0.25) is 0 Å². The highest BCUT2D eigenvalue weighted by Gasteiger charge is 2.24. The monoisotopic (exact) mass is 320 g/mol. The van der Waals surface area contributed by atoms with E-state index in [-0.39, 0.29) is 16.6 Å². The summed E-state index contributed by atoms with van der Waals surface area (Å²) < 4.78 is 5.37. The summed E-state index contributed by atoms with van der Waals surface area (Å²) in [5.41, 5.74) is 9.26. The second-order valence-corrected chi connectivity index (χ2v) is 5.33. The summed E-state index contributed by atoms with van der Waals surface area (Å²) in [5, 5.41) is 4.08. The Balaban J connectivity index is 2.06. The van der Waals surface area contributed by atoms with Crippen molar-refractivity contribution >= 4 is 34.5 Å². The highest BCUT2D eigenvalue weighted by Crippen LogP contribution is 2.15. The van der Waals surface area contributed by atoms with Crippen LogP contribution in [0.2, 0.25) is 0 Å². The van der Waals surface area contributed by atoms with Crippen LogP contribution in [0.1, 0.15) is 19.8 Å². The van der Waals surface area contributed by atoms with Gasteiger partial charge >= 0.3 is 0 Å². The molecule has 6 nitrogen and oxygen atoms in total. The van der Waals surface area contributed by atoms with Gasteiger partial charge in [-0.1, -0.05) is 12.2 Å². The first-order chi connectivity index (χ1) is 10.6. The molecule has 118 valence electrons. The van der Waals surface area contributed by atoms with Crippen molar-refractivity contribution in [1.82, 2.24) is 4.90 Å². The van der Waals surface area contributed by atoms with Crippen molar-refractivity contribution < 1.29 is 9.53 Å². The van der Waals surface area contributed by atoms with Gasteiger partial charge < -0.3 is 15.4 Å². The maximum Gasteiger partial charge on any atom is 0.277 e. The molecule has 1 aromatic carbocycles. The molecule has 1 aromatic rings. The van der Waals surface area contributed by atoms with Crippen LogP contribution in [0.25, 0.3) is 0 Å². The van der Waals surface area contributed by atoms with Crippen molar-refractivity contribution in [3.8, 4) is 5.75 Å². The number of ether oxygens (including phenoxy) is 1. The number of likely N-dealkylation sites (tertiary alicyclic amines) is 1. The molecule has 0 aromatic heterocycles. The lowest BCUT2D eigenvalue weighted by Crippen LogP contribution is -2.40. The highest BCUT2D eigenvalue weighted by molar-refractivity contribution is 7.82. The summed E-state index contributed by atoms with van der Waals surface area (Å²) in [6, 6.07) is 7.27. The van der Waals surface area contributed by atoms with Gasteiger partial charge in [0.05, 0.1) is 12.3 Å². The van der Waals surface area contributed by atoms with Crippen molar-refractivity contribution in [1.29, 1.82) is 0 Å².